The van der Waals surface area contributed by atoms with Crippen LogP contribution in [-0.4, -0.2) is 106 Å². The first kappa shape index (κ1) is 40.5. The van der Waals surface area contributed by atoms with Gasteiger partial charge in [-0.3, -0.25) is 19.2 Å². The van der Waals surface area contributed by atoms with Gasteiger partial charge in [-0.1, -0.05) is 44.2 Å². The number of fused-ring (bicyclic) bond motifs is 1. The van der Waals surface area contributed by atoms with Crippen LogP contribution in [0.15, 0.2) is 54.4 Å². The highest BCUT2D eigenvalue weighted by Crippen LogP contribution is 2.27. The molecule has 6 amide bonds. The molecule has 12 N–H and O–H groups in total. The number of carbonyl (C=O) groups is 5. The molecular weight excluding hydrogens is 658 g/mol. The standard InChI is InChI=1S/C35H53N9O7/c1-21(2)18-41-34(50)39-14-8-7-11-26(30(46)31(37)47)42-33(49)27-16-25(44(38)28(17-36)35(3,4)51)20-43(27)29(45)19-40-32(48)24-13-12-22-9-5-6-10-23(22)15-24/h5-6,9-10,12-13,15,17,21,25-27,30,46,51H,7-8,11,14,16,18-20,36,38H2,1-4H3,(H2,37,47)(H,40,48)(H,42,49)(H2,39,41,50)/b28-17-. The van der Waals surface area contributed by atoms with E-state index in [2.05, 4.69) is 21.3 Å². The molecule has 0 saturated carbocycles. The van der Waals surface area contributed by atoms with Crippen molar-refractivity contribution in [3.63, 3.8) is 0 Å². The van der Waals surface area contributed by atoms with Gasteiger partial charge in [0.2, 0.25) is 17.7 Å². The summed E-state index contributed by atoms with van der Waals surface area (Å²) >= 11 is 0. The van der Waals surface area contributed by atoms with Crippen molar-refractivity contribution in [2.24, 2.45) is 23.2 Å². The van der Waals surface area contributed by atoms with E-state index in [1.165, 1.54) is 23.8 Å². The number of carbonyl (C=O) groups excluding carboxylic acids is 5. The van der Waals surface area contributed by atoms with E-state index in [-0.39, 0.29) is 31.1 Å². The molecule has 1 saturated heterocycles. The predicted molar refractivity (Wildman–Crippen MR) is 192 cm³/mol. The number of hydrogen-bond acceptors (Lipinski definition) is 10. The van der Waals surface area contributed by atoms with E-state index in [0.29, 0.717) is 37.4 Å². The normalized spacial score (nSPS) is 17.5. The van der Waals surface area contributed by atoms with Crippen molar-refractivity contribution in [2.75, 3.05) is 26.2 Å². The van der Waals surface area contributed by atoms with Gasteiger partial charge in [-0.2, -0.15) is 0 Å². The number of unbranched alkanes of at least 4 members (excludes halogenated alkanes) is 1. The van der Waals surface area contributed by atoms with E-state index >= 15 is 0 Å². The summed E-state index contributed by atoms with van der Waals surface area (Å²) in [6.07, 6.45) is 0.433. The van der Waals surface area contributed by atoms with Gasteiger partial charge in [0, 0.05) is 37.8 Å². The Morgan fingerprint density at radius 2 is 1.73 bits per heavy atom. The lowest BCUT2D eigenvalue weighted by atomic mass is 10.0. The Morgan fingerprint density at radius 3 is 2.35 bits per heavy atom. The summed E-state index contributed by atoms with van der Waals surface area (Å²) < 4.78 is 0. The Bertz CT molecular complexity index is 1580. The Labute approximate surface area is 298 Å². The van der Waals surface area contributed by atoms with Crippen molar-refractivity contribution in [3.8, 4) is 0 Å². The first-order chi connectivity index (χ1) is 24.0. The number of amides is 6. The largest absolute Gasteiger partial charge is 0.403 e. The van der Waals surface area contributed by atoms with Crippen LogP contribution in [0.5, 0.6) is 0 Å². The Kier molecular flexibility index (Phi) is 14.6. The predicted octanol–water partition coefficient (Wildman–Crippen LogP) is -0.258. The molecule has 4 atom stereocenters. The maximum atomic E-state index is 13.8. The van der Waals surface area contributed by atoms with Crippen molar-refractivity contribution in [2.45, 2.75) is 83.2 Å². The van der Waals surface area contributed by atoms with E-state index in [0.717, 1.165) is 17.0 Å². The van der Waals surface area contributed by atoms with Crippen LogP contribution in [0, 0.1) is 5.92 Å². The number of hydrazine groups is 1. The van der Waals surface area contributed by atoms with Gasteiger partial charge < -0.3 is 52.9 Å². The number of hydrogen-bond donors (Lipinski definition) is 9. The second kappa shape index (κ2) is 18.3. The number of rotatable bonds is 17. The van der Waals surface area contributed by atoms with Crippen molar-refractivity contribution >= 4 is 40.4 Å². The molecule has 1 aliphatic rings. The third-order valence-corrected chi connectivity index (χ3v) is 8.67. The Hall–Kier alpha value is -4.93. The third-order valence-electron chi connectivity index (χ3n) is 8.67. The molecule has 280 valence electrons. The van der Waals surface area contributed by atoms with Gasteiger partial charge in [0.25, 0.3) is 5.91 Å². The molecule has 2 aromatic carbocycles. The molecule has 0 aromatic heterocycles. The van der Waals surface area contributed by atoms with Gasteiger partial charge in [0.15, 0.2) is 6.10 Å². The summed E-state index contributed by atoms with van der Waals surface area (Å²) in [5.74, 6) is 3.87. The summed E-state index contributed by atoms with van der Waals surface area (Å²) in [4.78, 5) is 65.7. The first-order valence-electron chi connectivity index (χ1n) is 17.1. The summed E-state index contributed by atoms with van der Waals surface area (Å²) in [6.45, 7) is 7.25. The number of nitrogens with one attached hydrogen (secondary N) is 4. The number of benzene rings is 2. The van der Waals surface area contributed by atoms with Gasteiger partial charge >= 0.3 is 6.03 Å². The zero-order valence-corrected chi connectivity index (χ0v) is 29.7. The molecule has 16 nitrogen and oxygen atoms in total. The fourth-order valence-corrected chi connectivity index (χ4v) is 5.87. The average Bonchev–Trinajstić information content (AvgIpc) is 3.54. The second-order valence-electron chi connectivity index (χ2n) is 13.7. The monoisotopic (exact) mass is 711 g/mol. The van der Waals surface area contributed by atoms with Crippen LogP contribution >= 0.6 is 0 Å². The van der Waals surface area contributed by atoms with Crippen LogP contribution in [0.2, 0.25) is 0 Å². The van der Waals surface area contributed by atoms with Gasteiger partial charge in [0.05, 0.1) is 24.3 Å². The molecule has 3 rings (SSSR count). The molecule has 1 fully saturated rings. The molecule has 4 unspecified atom stereocenters. The van der Waals surface area contributed by atoms with E-state index in [9.17, 15) is 34.2 Å². The maximum Gasteiger partial charge on any atom is 0.314 e. The molecule has 1 aliphatic heterocycles. The SMILES string of the molecule is CC(C)CNC(=O)NCCCCC(NC(=O)C1CC(N(N)/C(=C\N)C(C)(C)O)CN1C(=O)CNC(=O)c1ccc2ccccc2c1)C(O)C(N)=O. The summed E-state index contributed by atoms with van der Waals surface area (Å²) in [5, 5.41) is 35.0. The minimum Gasteiger partial charge on any atom is -0.403 e. The highest BCUT2D eigenvalue weighted by atomic mass is 16.3. The van der Waals surface area contributed by atoms with E-state index in [1.54, 1.807) is 18.2 Å². The van der Waals surface area contributed by atoms with Crippen LogP contribution in [0.4, 0.5) is 4.79 Å². The molecule has 51 heavy (non-hydrogen) atoms. The lowest BCUT2D eigenvalue weighted by molar-refractivity contribution is -0.139. The topological polar surface area (TPSA) is 258 Å². The number of primary amides is 1. The van der Waals surface area contributed by atoms with Crippen molar-refractivity contribution in [1.29, 1.82) is 0 Å². The number of aliphatic hydroxyl groups is 2. The van der Waals surface area contributed by atoms with Crippen LogP contribution < -0.4 is 38.6 Å². The molecule has 0 bridgehead atoms. The number of nitrogens with zero attached hydrogens (tertiary/aromatic N) is 2. The van der Waals surface area contributed by atoms with Crippen LogP contribution in [0.25, 0.3) is 10.8 Å². The van der Waals surface area contributed by atoms with E-state index < -0.39 is 60.0 Å². The summed E-state index contributed by atoms with van der Waals surface area (Å²) in [5.41, 5.74) is 10.2. The molecule has 0 radical (unpaired) electrons. The Morgan fingerprint density at radius 1 is 1.04 bits per heavy atom. The third kappa shape index (κ3) is 11.6. The number of likely N-dealkylation sites (tertiary alicyclic amines) is 1. The molecule has 16 heteroatoms. The summed E-state index contributed by atoms with van der Waals surface area (Å²) in [7, 11) is 0. The maximum absolute atomic E-state index is 13.8. The molecule has 1 heterocycles. The van der Waals surface area contributed by atoms with Crippen molar-refractivity contribution < 1.29 is 34.2 Å². The zero-order chi connectivity index (χ0) is 37.9. The first-order valence-corrected chi connectivity index (χ1v) is 17.1. The summed E-state index contributed by atoms with van der Waals surface area (Å²) in [6, 6.07) is 9.45. The number of nitrogens with two attached hydrogens (primary N) is 3. The van der Waals surface area contributed by atoms with Gasteiger partial charge in [-0.15, -0.1) is 0 Å². The average molecular weight is 712 g/mol. The Balaban J connectivity index is 1.74. The second-order valence-corrected chi connectivity index (χ2v) is 13.7. The number of aliphatic hydroxyl groups excluding tert-OH is 1. The zero-order valence-electron chi connectivity index (χ0n) is 29.7. The molecule has 0 spiro atoms. The van der Waals surface area contributed by atoms with Crippen molar-refractivity contribution in [1.82, 2.24) is 31.2 Å². The van der Waals surface area contributed by atoms with Gasteiger partial charge in [-0.05, 0) is 61.9 Å². The number of urea groups is 1. The molecule has 2 aromatic rings. The fourth-order valence-electron chi connectivity index (χ4n) is 5.87. The minimum atomic E-state index is -1.73. The lowest BCUT2D eigenvalue weighted by Gasteiger charge is -2.34. The van der Waals surface area contributed by atoms with Crippen LogP contribution in [0.3, 0.4) is 0 Å². The molecular formula is C35H53N9O7. The van der Waals surface area contributed by atoms with Crippen molar-refractivity contribution in [3.05, 3.63) is 59.9 Å². The molecule has 0 aliphatic carbocycles. The quantitative estimate of drug-likeness (QED) is 0.0590. The lowest BCUT2D eigenvalue weighted by Crippen LogP contribution is -2.55. The minimum absolute atomic E-state index is 0.00505. The van der Waals surface area contributed by atoms with Crippen LogP contribution in [0.1, 0.15) is 63.7 Å². The highest BCUT2D eigenvalue weighted by molar-refractivity contribution is 6.00. The highest BCUT2D eigenvalue weighted by Gasteiger charge is 2.44. The van der Waals surface area contributed by atoms with Crippen LogP contribution in [-0.2, 0) is 14.4 Å². The van der Waals surface area contributed by atoms with E-state index in [1.807, 2.05) is 38.1 Å². The fraction of sp³-hybridized carbons (Fsp3) is 0.514. The smallest absolute Gasteiger partial charge is 0.314 e. The van der Waals surface area contributed by atoms with Gasteiger partial charge in [0.1, 0.15) is 11.6 Å². The van der Waals surface area contributed by atoms with Gasteiger partial charge in [-0.25, -0.2) is 10.6 Å². The van der Waals surface area contributed by atoms with E-state index in [4.69, 9.17) is 17.3 Å².